The normalized spacial score (nSPS) is 11.3. The molecule has 10 heteroatoms. The number of aromatic nitrogens is 1. The van der Waals surface area contributed by atoms with Gasteiger partial charge in [0.1, 0.15) is 0 Å². The molecule has 33 heavy (non-hydrogen) atoms. The molecule has 1 aromatic heterocycles. The Morgan fingerprint density at radius 3 is 2.55 bits per heavy atom. The first-order chi connectivity index (χ1) is 15.7. The van der Waals surface area contributed by atoms with Gasteiger partial charge in [0.2, 0.25) is 5.91 Å². The van der Waals surface area contributed by atoms with Crippen LogP contribution in [-0.4, -0.2) is 34.4 Å². The van der Waals surface area contributed by atoms with Crippen molar-refractivity contribution in [2.45, 2.75) is 32.5 Å². The van der Waals surface area contributed by atoms with Crippen LogP contribution in [0, 0.1) is 0 Å². The highest BCUT2D eigenvalue weighted by molar-refractivity contribution is 6.30. The molecule has 2 aromatic carbocycles. The van der Waals surface area contributed by atoms with Crippen LogP contribution in [-0.2, 0) is 22.6 Å². The highest BCUT2D eigenvalue weighted by atomic mass is 35.5. The third kappa shape index (κ3) is 6.82. The van der Waals surface area contributed by atoms with E-state index in [0.717, 1.165) is 5.56 Å². The summed E-state index contributed by atoms with van der Waals surface area (Å²) in [7, 11) is 0. The molecular formula is C23H21ClF3N3O3. The molecule has 3 aromatic rings. The fraction of sp³-hybridized carbons (Fsp3) is 0.261. The van der Waals surface area contributed by atoms with E-state index in [-0.39, 0.29) is 31.8 Å². The molecule has 0 aliphatic heterocycles. The van der Waals surface area contributed by atoms with Crippen LogP contribution >= 0.6 is 11.6 Å². The Labute approximate surface area is 193 Å². The second-order valence-corrected chi connectivity index (χ2v) is 7.63. The predicted molar refractivity (Wildman–Crippen MR) is 117 cm³/mol. The van der Waals surface area contributed by atoms with Gasteiger partial charge in [-0.25, -0.2) is 4.98 Å². The van der Waals surface area contributed by atoms with E-state index >= 15 is 0 Å². The van der Waals surface area contributed by atoms with Gasteiger partial charge in [-0.3, -0.25) is 9.59 Å². The molecule has 0 aliphatic carbocycles. The molecule has 1 heterocycles. The van der Waals surface area contributed by atoms with Crippen LogP contribution in [0.3, 0.4) is 0 Å². The summed E-state index contributed by atoms with van der Waals surface area (Å²) in [6.07, 6.45) is -3.00. The number of anilines is 1. The van der Waals surface area contributed by atoms with Gasteiger partial charge in [-0.15, -0.1) is 0 Å². The Morgan fingerprint density at radius 1 is 1.15 bits per heavy atom. The highest BCUT2D eigenvalue weighted by Gasteiger charge is 2.41. The van der Waals surface area contributed by atoms with E-state index < -0.39 is 12.1 Å². The molecule has 6 nitrogen and oxygen atoms in total. The smallest absolute Gasteiger partial charge is 0.441 e. The lowest BCUT2D eigenvalue weighted by molar-refractivity contribution is -0.185. The molecule has 0 aliphatic rings. The summed E-state index contributed by atoms with van der Waals surface area (Å²) in [6.45, 7) is 1.15. The summed E-state index contributed by atoms with van der Waals surface area (Å²) in [4.78, 5) is 28.7. The molecule has 0 atom stereocenters. The lowest BCUT2D eigenvalue weighted by atomic mass is 10.1. The molecule has 174 valence electrons. The van der Waals surface area contributed by atoms with E-state index in [0.29, 0.717) is 32.8 Å². The zero-order valence-electron chi connectivity index (χ0n) is 17.7. The van der Waals surface area contributed by atoms with Gasteiger partial charge in [0.25, 0.3) is 0 Å². The molecule has 0 unspecified atom stereocenters. The molecule has 0 bridgehead atoms. The van der Waals surface area contributed by atoms with E-state index in [1.165, 1.54) is 13.0 Å². The fourth-order valence-electron chi connectivity index (χ4n) is 3.09. The Kier molecular flexibility index (Phi) is 7.75. The van der Waals surface area contributed by atoms with Crippen LogP contribution in [0.1, 0.15) is 24.8 Å². The molecule has 0 spiro atoms. The number of nitrogens with one attached hydrogen (secondary N) is 1. The average molecular weight is 480 g/mol. The number of rotatable bonds is 8. The molecule has 0 fully saturated rings. The van der Waals surface area contributed by atoms with E-state index in [1.807, 2.05) is 0 Å². The summed E-state index contributed by atoms with van der Waals surface area (Å²) in [5.74, 6) is -1.25. The quantitative estimate of drug-likeness (QED) is 0.464. The number of oxazole rings is 1. The molecule has 1 N–H and O–H groups in total. The van der Waals surface area contributed by atoms with Gasteiger partial charge in [0.05, 0.1) is 6.20 Å². The Hall–Kier alpha value is -3.33. The Morgan fingerprint density at radius 2 is 1.88 bits per heavy atom. The van der Waals surface area contributed by atoms with E-state index in [4.69, 9.17) is 16.0 Å². The molecule has 0 saturated carbocycles. The van der Waals surface area contributed by atoms with Crippen molar-refractivity contribution in [2.75, 3.05) is 11.9 Å². The third-order valence-corrected chi connectivity index (χ3v) is 5.00. The first-order valence-corrected chi connectivity index (χ1v) is 10.5. The van der Waals surface area contributed by atoms with Crippen molar-refractivity contribution < 1.29 is 27.2 Å². The summed E-state index contributed by atoms with van der Waals surface area (Å²) in [5, 5.41) is 3.30. The monoisotopic (exact) mass is 479 g/mol. The Bertz CT molecular complexity index is 1110. The van der Waals surface area contributed by atoms with Crippen molar-refractivity contribution in [2.24, 2.45) is 0 Å². The second-order valence-electron chi connectivity index (χ2n) is 7.19. The second kappa shape index (κ2) is 10.5. The van der Waals surface area contributed by atoms with Gasteiger partial charge in [-0.05, 0) is 48.9 Å². The molecule has 0 radical (unpaired) electrons. The minimum absolute atomic E-state index is 0.0942. The minimum Gasteiger partial charge on any atom is -0.441 e. The summed E-state index contributed by atoms with van der Waals surface area (Å²) in [6, 6.07) is 13.4. The van der Waals surface area contributed by atoms with Crippen LogP contribution < -0.4 is 5.32 Å². The van der Waals surface area contributed by atoms with Gasteiger partial charge in [-0.2, -0.15) is 13.2 Å². The van der Waals surface area contributed by atoms with Crippen molar-refractivity contribution in [1.82, 2.24) is 9.88 Å². The van der Waals surface area contributed by atoms with Crippen molar-refractivity contribution in [3.8, 4) is 11.3 Å². The van der Waals surface area contributed by atoms with Crippen molar-refractivity contribution in [3.63, 3.8) is 0 Å². The number of carbonyl (C=O) groups excluding carboxylic acids is 2. The topological polar surface area (TPSA) is 75.4 Å². The minimum atomic E-state index is -4.94. The lowest BCUT2D eigenvalue weighted by Crippen LogP contribution is -2.40. The van der Waals surface area contributed by atoms with Gasteiger partial charge >= 0.3 is 12.1 Å². The SMILES string of the molecule is CCN(Cc1cccc(NC(=O)CCc2ncc(-c3ccc(Cl)cc3)o2)c1)C(=O)C(F)(F)F. The number of hydrogen-bond donors (Lipinski definition) is 1. The van der Waals surface area contributed by atoms with Gasteiger partial charge in [-0.1, -0.05) is 23.7 Å². The lowest BCUT2D eigenvalue weighted by Gasteiger charge is -2.22. The molecular weight excluding hydrogens is 459 g/mol. The van der Waals surface area contributed by atoms with Gasteiger partial charge in [0, 0.05) is 42.2 Å². The van der Waals surface area contributed by atoms with E-state index in [2.05, 4.69) is 10.3 Å². The largest absolute Gasteiger partial charge is 0.471 e. The zero-order chi connectivity index (χ0) is 24.0. The molecule has 3 rings (SSSR count). The highest BCUT2D eigenvalue weighted by Crippen LogP contribution is 2.23. The average Bonchev–Trinajstić information content (AvgIpc) is 3.25. The maximum absolute atomic E-state index is 12.7. The number of nitrogens with zero attached hydrogens (tertiary/aromatic N) is 2. The third-order valence-electron chi connectivity index (χ3n) is 4.74. The number of amides is 2. The van der Waals surface area contributed by atoms with Crippen LogP contribution in [0.5, 0.6) is 0 Å². The van der Waals surface area contributed by atoms with Crippen molar-refractivity contribution in [1.29, 1.82) is 0 Å². The van der Waals surface area contributed by atoms with Crippen molar-refractivity contribution >= 4 is 29.1 Å². The van der Waals surface area contributed by atoms with Gasteiger partial charge < -0.3 is 14.6 Å². The van der Waals surface area contributed by atoms with Crippen LogP contribution in [0.15, 0.2) is 59.1 Å². The van der Waals surface area contributed by atoms with Crippen molar-refractivity contribution in [3.05, 3.63) is 71.2 Å². The molecule has 0 saturated heterocycles. The van der Waals surface area contributed by atoms with Gasteiger partial charge in [0.15, 0.2) is 11.7 Å². The number of hydrogen-bond acceptors (Lipinski definition) is 4. The molecule has 2 amide bonds. The number of halogens is 4. The fourth-order valence-corrected chi connectivity index (χ4v) is 3.22. The number of alkyl halides is 3. The maximum Gasteiger partial charge on any atom is 0.471 e. The summed E-state index contributed by atoms with van der Waals surface area (Å²) in [5.41, 5.74) is 1.69. The standard InChI is InChI=1S/C23H21ClF3N3O3/c1-2-30(22(32)23(25,26)27)14-15-4-3-5-18(12-15)29-20(31)10-11-21-28-13-19(33-21)16-6-8-17(24)9-7-16/h3-9,12-13H,2,10-11,14H2,1H3,(H,29,31). The number of benzene rings is 2. The maximum atomic E-state index is 12.7. The number of aryl methyl sites for hydroxylation is 1. The van der Waals surface area contributed by atoms with Crippen LogP contribution in [0.4, 0.5) is 18.9 Å². The van der Waals surface area contributed by atoms with E-state index in [9.17, 15) is 22.8 Å². The van der Waals surface area contributed by atoms with Crippen LogP contribution in [0.2, 0.25) is 5.02 Å². The Balaban J connectivity index is 1.56. The summed E-state index contributed by atoms with van der Waals surface area (Å²) < 4.78 is 43.8. The summed E-state index contributed by atoms with van der Waals surface area (Å²) >= 11 is 5.88. The first-order valence-electron chi connectivity index (χ1n) is 10.1. The van der Waals surface area contributed by atoms with Crippen LogP contribution in [0.25, 0.3) is 11.3 Å². The first kappa shape index (κ1) is 24.3. The van der Waals surface area contributed by atoms with E-state index in [1.54, 1.807) is 48.7 Å². The zero-order valence-corrected chi connectivity index (χ0v) is 18.4. The number of carbonyl (C=O) groups is 2. The predicted octanol–water partition coefficient (Wildman–Crippen LogP) is 5.48.